The second kappa shape index (κ2) is 5.89. The van der Waals surface area contributed by atoms with Crippen LogP contribution >= 0.6 is 11.8 Å². The highest BCUT2D eigenvalue weighted by Gasteiger charge is 1.85. The van der Waals surface area contributed by atoms with Crippen LogP contribution in [0.25, 0.3) is 0 Å². The Kier molecular flexibility index (Phi) is 5.43. The largest absolute Gasteiger partial charge is 0.298 e. The number of rotatable bonds is 1. The summed E-state index contributed by atoms with van der Waals surface area (Å²) in [5, 5.41) is 3.97. The van der Waals surface area contributed by atoms with Gasteiger partial charge in [0.25, 0.3) is 0 Å². The lowest BCUT2D eigenvalue weighted by atomic mass is 10.2. The zero-order valence-corrected chi connectivity index (χ0v) is 7.01. The van der Waals surface area contributed by atoms with E-state index in [9.17, 15) is 4.79 Å². The SMILES string of the molecule is Cc1ccc(C=O)cc1.NCl. The molecule has 1 aromatic carbocycles. The van der Waals surface area contributed by atoms with Crippen molar-refractivity contribution in [2.75, 3.05) is 0 Å². The van der Waals surface area contributed by atoms with Gasteiger partial charge in [-0.05, 0) is 18.7 Å². The molecule has 2 N–H and O–H groups in total. The van der Waals surface area contributed by atoms with Gasteiger partial charge in [0.1, 0.15) is 6.29 Å². The molecule has 60 valence electrons. The molecule has 0 aromatic heterocycles. The molecule has 0 saturated carbocycles. The average Bonchev–Trinajstić information content (AvgIpc) is 2.10. The molecule has 0 fully saturated rings. The number of carbonyl (C=O) groups excluding carboxylic acids is 1. The van der Waals surface area contributed by atoms with Crippen LogP contribution < -0.4 is 5.25 Å². The van der Waals surface area contributed by atoms with Crippen LogP contribution in [0.2, 0.25) is 0 Å². The van der Waals surface area contributed by atoms with Crippen LogP contribution in [0.3, 0.4) is 0 Å². The zero-order chi connectivity index (χ0) is 8.69. The fourth-order valence-corrected chi connectivity index (χ4v) is 0.645. The summed E-state index contributed by atoms with van der Waals surface area (Å²) >= 11 is 4.14. The summed E-state index contributed by atoms with van der Waals surface area (Å²) in [6, 6.07) is 7.46. The minimum atomic E-state index is 0.737. The van der Waals surface area contributed by atoms with Gasteiger partial charge in [0.2, 0.25) is 0 Å². The second-order valence-corrected chi connectivity index (χ2v) is 2.03. The third-order valence-electron chi connectivity index (χ3n) is 1.21. The summed E-state index contributed by atoms with van der Waals surface area (Å²) in [6.45, 7) is 1.99. The fourth-order valence-electron chi connectivity index (χ4n) is 0.645. The lowest BCUT2D eigenvalue weighted by Gasteiger charge is -1.89. The summed E-state index contributed by atoms with van der Waals surface area (Å²) in [4.78, 5) is 10.1. The van der Waals surface area contributed by atoms with E-state index in [0.717, 1.165) is 11.8 Å². The molecule has 3 heteroatoms. The Morgan fingerprint density at radius 2 is 1.73 bits per heavy atom. The van der Waals surface area contributed by atoms with E-state index >= 15 is 0 Å². The summed E-state index contributed by atoms with van der Waals surface area (Å²) < 4.78 is 0. The van der Waals surface area contributed by atoms with Gasteiger partial charge >= 0.3 is 0 Å². The predicted octanol–water partition coefficient (Wildman–Crippen LogP) is 1.91. The monoisotopic (exact) mass is 171 g/mol. The van der Waals surface area contributed by atoms with Crippen molar-refractivity contribution < 1.29 is 4.79 Å². The van der Waals surface area contributed by atoms with Crippen molar-refractivity contribution in [3.05, 3.63) is 35.4 Å². The standard InChI is InChI=1S/C8H8O.ClH2N/c1-7-2-4-8(6-9)5-3-7;1-2/h2-6H,1H3;2H2. The van der Waals surface area contributed by atoms with Crippen LogP contribution in [-0.2, 0) is 0 Å². The number of nitrogens with two attached hydrogens (primary N) is 1. The number of hydrogen-bond acceptors (Lipinski definition) is 2. The molecule has 0 spiro atoms. The predicted molar refractivity (Wildman–Crippen MR) is 46.6 cm³/mol. The molecule has 0 aliphatic carbocycles. The lowest BCUT2D eigenvalue weighted by Crippen LogP contribution is -1.77. The highest BCUT2D eigenvalue weighted by Crippen LogP contribution is 1.98. The van der Waals surface area contributed by atoms with Gasteiger partial charge in [0.15, 0.2) is 0 Å². The first kappa shape index (κ1) is 10.1. The van der Waals surface area contributed by atoms with E-state index in [1.54, 1.807) is 0 Å². The zero-order valence-electron chi connectivity index (χ0n) is 6.25. The van der Waals surface area contributed by atoms with E-state index in [1.165, 1.54) is 5.56 Å². The van der Waals surface area contributed by atoms with Gasteiger partial charge in [-0.3, -0.25) is 4.79 Å². The molecule has 0 bridgehead atoms. The minimum absolute atomic E-state index is 0.737. The molecular formula is C8H10ClNO. The van der Waals surface area contributed by atoms with Gasteiger partial charge in [-0.25, -0.2) is 5.25 Å². The van der Waals surface area contributed by atoms with E-state index in [0.29, 0.717) is 0 Å². The van der Waals surface area contributed by atoms with Gasteiger partial charge < -0.3 is 0 Å². The van der Waals surface area contributed by atoms with Crippen molar-refractivity contribution in [1.82, 2.24) is 0 Å². The molecule has 0 heterocycles. The van der Waals surface area contributed by atoms with Crippen LogP contribution in [0.5, 0.6) is 0 Å². The molecule has 0 radical (unpaired) electrons. The number of hydrogen-bond donors (Lipinski definition) is 1. The molecule has 0 saturated heterocycles. The van der Waals surface area contributed by atoms with Crippen LogP contribution in [-0.4, -0.2) is 6.29 Å². The Balaban J connectivity index is 0.000000461. The Bertz CT molecular complexity index is 208. The third-order valence-corrected chi connectivity index (χ3v) is 1.21. The lowest BCUT2D eigenvalue weighted by molar-refractivity contribution is 0.112. The Labute approximate surface area is 71.1 Å². The summed E-state index contributed by atoms with van der Waals surface area (Å²) in [7, 11) is 0. The highest BCUT2D eigenvalue weighted by atomic mass is 35.5. The van der Waals surface area contributed by atoms with E-state index in [2.05, 4.69) is 17.0 Å². The van der Waals surface area contributed by atoms with Crippen LogP contribution in [0.1, 0.15) is 15.9 Å². The third kappa shape index (κ3) is 3.75. The maximum Gasteiger partial charge on any atom is 0.150 e. The van der Waals surface area contributed by atoms with Crippen molar-refractivity contribution in [1.29, 1.82) is 0 Å². The van der Waals surface area contributed by atoms with Crippen molar-refractivity contribution in [2.45, 2.75) is 6.92 Å². The first-order valence-corrected chi connectivity index (χ1v) is 3.50. The Morgan fingerprint density at radius 3 is 2.09 bits per heavy atom. The van der Waals surface area contributed by atoms with Crippen molar-refractivity contribution in [3.8, 4) is 0 Å². The van der Waals surface area contributed by atoms with Gasteiger partial charge in [0, 0.05) is 5.56 Å². The average molecular weight is 172 g/mol. The van der Waals surface area contributed by atoms with Gasteiger partial charge in [-0.15, -0.1) is 0 Å². The van der Waals surface area contributed by atoms with Crippen molar-refractivity contribution in [3.63, 3.8) is 0 Å². The van der Waals surface area contributed by atoms with Gasteiger partial charge in [-0.1, -0.05) is 29.8 Å². The number of aryl methyl sites for hydroxylation is 1. The summed E-state index contributed by atoms with van der Waals surface area (Å²) in [5.41, 5.74) is 1.92. The quantitative estimate of drug-likeness (QED) is 0.518. The van der Waals surface area contributed by atoms with Gasteiger partial charge in [-0.2, -0.15) is 0 Å². The minimum Gasteiger partial charge on any atom is -0.298 e. The smallest absolute Gasteiger partial charge is 0.150 e. The second-order valence-electron chi connectivity index (χ2n) is 2.03. The molecule has 1 rings (SSSR count). The molecule has 0 amide bonds. The maximum absolute atomic E-state index is 10.1. The van der Waals surface area contributed by atoms with E-state index in [4.69, 9.17) is 0 Å². The summed E-state index contributed by atoms with van der Waals surface area (Å²) in [5.74, 6) is 0. The Morgan fingerprint density at radius 1 is 1.27 bits per heavy atom. The molecule has 11 heavy (non-hydrogen) atoms. The molecule has 0 unspecified atom stereocenters. The molecule has 0 aliphatic rings. The van der Waals surface area contributed by atoms with Crippen LogP contribution in [0.15, 0.2) is 24.3 Å². The summed E-state index contributed by atoms with van der Waals surface area (Å²) in [6.07, 6.45) is 0.847. The number of benzene rings is 1. The van der Waals surface area contributed by atoms with Crippen LogP contribution in [0, 0.1) is 6.92 Å². The molecule has 2 nitrogen and oxygen atoms in total. The first-order chi connectivity index (χ1) is 5.33. The van der Waals surface area contributed by atoms with Crippen LogP contribution in [0.4, 0.5) is 0 Å². The topological polar surface area (TPSA) is 43.1 Å². The maximum atomic E-state index is 10.1. The molecule has 0 aliphatic heterocycles. The highest BCUT2D eigenvalue weighted by molar-refractivity contribution is 6.11. The van der Waals surface area contributed by atoms with Gasteiger partial charge in [0.05, 0.1) is 0 Å². The van der Waals surface area contributed by atoms with E-state index in [-0.39, 0.29) is 0 Å². The van der Waals surface area contributed by atoms with E-state index in [1.807, 2.05) is 31.2 Å². The Hall–Kier alpha value is -0.860. The first-order valence-electron chi connectivity index (χ1n) is 3.06. The fraction of sp³-hybridized carbons (Fsp3) is 0.125. The van der Waals surface area contributed by atoms with Crippen molar-refractivity contribution >= 4 is 18.1 Å². The molecule has 0 atom stereocenters. The number of halogens is 1. The number of carbonyl (C=O) groups is 1. The normalized spacial score (nSPS) is 7.91. The molecular weight excluding hydrogens is 162 g/mol. The van der Waals surface area contributed by atoms with E-state index < -0.39 is 0 Å². The van der Waals surface area contributed by atoms with Crippen molar-refractivity contribution in [2.24, 2.45) is 5.25 Å². The number of aldehydes is 1. The molecule has 1 aromatic rings.